The van der Waals surface area contributed by atoms with Crippen LogP contribution in [0.2, 0.25) is 0 Å². The molecule has 120 valence electrons. The van der Waals surface area contributed by atoms with Crippen LogP contribution in [0.15, 0.2) is 18.5 Å². The lowest BCUT2D eigenvalue weighted by molar-refractivity contribution is -0.141. The number of rotatable bonds is 3. The van der Waals surface area contributed by atoms with Crippen LogP contribution >= 0.6 is 0 Å². The molecular formula is C12H11F5N4O. The number of halogens is 5. The summed E-state index contributed by atoms with van der Waals surface area (Å²) in [6, 6.07) is 1.18. The molecule has 3 heterocycles. The Morgan fingerprint density at radius 3 is 2.77 bits per heavy atom. The summed E-state index contributed by atoms with van der Waals surface area (Å²) >= 11 is 0. The molecule has 0 aliphatic carbocycles. The fourth-order valence-electron chi connectivity index (χ4n) is 2.22. The Kier molecular flexibility index (Phi) is 3.42. The van der Waals surface area contributed by atoms with E-state index in [4.69, 9.17) is 4.74 Å². The minimum atomic E-state index is -4.44. The van der Waals surface area contributed by atoms with Gasteiger partial charge in [0.2, 0.25) is 5.88 Å². The lowest BCUT2D eigenvalue weighted by atomic mass is 10.2. The van der Waals surface area contributed by atoms with E-state index in [1.54, 1.807) is 0 Å². The second-order valence-electron chi connectivity index (χ2n) is 5.00. The number of alkyl halides is 5. The zero-order valence-electron chi connectivity index (χ0n) is 11.1. The van der Waals surface area contributed by atoms with Crippen molar-refractivity contribution in [1.82, 2.24) is 20.1 Å². The van der Waals surface area contributed by atoms with Crippen LogP contribution in [0.1, 0.15) is 0 Å². The van der Waals surface area contributed by atoms with Gasteiger partial charge in [-0.05, 0) is 0 Å². The van der Waals surface area contributed by atoms with E-state index in [0.717, 1.165) is 4.68 Å². The number of ether oxygens (including phenoxy) is 1. The van der Waals surface area contributed by atoms with Gasteiger partial charge in [-0.3, -0.25) is 4.68 Å². The van der Waals surface area contributed by atoms with Gasteiger partial charge in [-0.25, -0.2) is 13.8 Å². The Morgan fingerprint density at radius 2 is 2.14 bits per heavy atom. The predicted octanol–water partition coefficient (Wildman–Crippen LogP) is 1.98. The molecule has 1 fully saturated rings. The van der Waals surface area contributed by atoms with Gasteiger partial charge in [0.15, 0.2) is 6.10 Å². The van der Waals surface area contributed by atoms with Gasteiger partial charge in [-0.2, -0.15) is 18.3 Å². The molecule has 1 saturated heterocycles. The average Bonchev–Trinajstić information content (AvgIpc) is 2.93. The van der Waals surface area contributed by atoms with E-state index in [2.05, 4.69) is 15.4 Å². The summed E-state index contributed by atoms with van der Waals surface area (Å²) in [5.74, 6) is -3.21. The van der Waals surface area contributed by atoms with Crippen LogP contribution in [-0.4, -0.2) is 46.1 Å². The second kappa shape index (κ2) is 5.04. The standard InChI is InChI=1S/C12H11F5N4O/c13-11(14)5-18-4-9(11)22-10-1-8-7(2-19-10)3-20-21(8)6-12(15,16)17/h1-3,9,18H,4-6H2. The van der Waals surface area contributed by atoms with Gasteiger partial charge in [0.05, 0.1) is 18.3 Å². The van der Waals surface area contributed by atoms with Crippen molar-refractivity contribution in [3.05, 3.63) is 18.5 Å². The molecule has 1 unspecified atom stereocenters. The normalized spacial score (nSPS) is 21.4. The van der Waals surface area contributed by atoms with Gasteiger partial charge in [-0.15, -0.1) is 0 Å². The Hall–Kier alpha value is -1.97. The number of fused-ring (bicyclic) bond motifs is 1. The molecule has 0 radical (unpaired) electrons. The second-order valence-corrected chi connectivity index (χ2v) is 5.00. The number of nitrogens with one attached hydrogen (secondary N) is 1. The average molecular weight is 322 g/mol. The molecule has 1 aliphatic heterocycles. The summed E-state index contributed by atoms with van der Waals surface area (Å²) in [6.07, 6.45) is -3.38. The first-order chi connectivity index (χ1) is 10.2. The zero-order valence-corrected chi connectivity index (χ0v) is 11.1. The number of pyridine rings is 1. The van der Waals surface area contributed by atoms with Gasteiger partial charge in [0.1, 0.15) is 6.54 Å². The van der Waals surface area contributed by atoms with Crippen molar-refractivity contribution in [1.29, 1.82) is 0 Å². The summed E-state index contributed by atoms with van der Waals surface area (Å²) in [7, 11) is 0. The van der Waals surface area contributed by atoms with Gasteiger partial charge in [0.25, 0.3) is 5.92 Å². The van der Waals surface area contributed by atoms with Gasteiger partial charge in [0, 0.05) is 24.2 Å². The van der Waals surface area contributed by atoms with Crippen molar-refractivity contribution in [2.45, 2.75) is 24.7 Å². The molecule has 1 N–H and O–H groups in total. The minimum absolute atomic E-state index is 0.0610. The summed E-state index contributed by atoms with van der Waals surface area (Å²) in [5.41, 5.74) is 0.122. The Balaban J connectivity index is 1.87. The highest BCUT2D eigenvalue weighted by Crippen LogP contribution is 2.28. The van der Waals surface area contributed by atoms with Crippen LogP contribution in [0.25, 0.3) is 10.9 Å². The highest BCUT2D eigenvalue weighted by atomic mass is 19.4. The van der Waals surface area contributed by atoms with Crippen molar-refractivity contribution in [2.24, 2.45) is 0 Å². The van der Waals surface area contributed by atoms with Crippen LogP contribution in [0.3, 0.4) is 0 Å². The molecule has 0 bridgehead atoms. The summed E-state index contributed by atoms with van der Waals surface area (Å²) in [5, 5.41) is 6.48. The Bertz CT molecular complexity index is 684. The molecule has 2 aromatic heterocycles. The lowest BCUT2D eigenvalue weighted by Crippen LogP contribution is -2.36. The SMILES string of the molecule is FC(F)(F)Cn1ncc2cnc(OC3CNCC3(F)F)cc21. The summed E-state index contributed by atoms with van der Waals surface area (Å²) < 4.78 is 70.2. The monoisotopic (exact) mass is 322 g/mol. The van der Waals surface area contributed by atoms with E-state index in [1.807, 2.05) is 0 Å². The van der Waals surface area contributed by atoms with E-state index in [-0.39, 0.29) is 17.9 Å². The number of hydrogen-bond donors (Lipinski definition) is 1. The van der Waals surface area contributed by atoms with Crippen molar-refractivity contribution < 1.29 is 26.7 Å². The third-order valence-electron chi connectivity index (χ3n) is 3.25. The molecule has 0 spiro atoms. The van der Waals surface area contributed by atoms with Crippen molar-refractivity contribution >= 4 is 10.9 Å². The minimum Gasteiger partial charge on any atom is -0.466 e. The molecule has 3 rings (SSSR count). The Labute approximate surface area is 121 Å². The third-order valence-corrected chi connectivity index (χ3v) is 3.25. The van der Waals surface area contributed by atoms with Gasteiger partial charge >= 0.3 is 6.18 Å². The largest absolute Gasteiger partial charge is 0.466 e. The van der Waals surface area contributed by atoms with E-state index >= 15 is 0 Å². The first-order valence-corrected chi connectivity index (χ1v) is 6.38. The summed E-state index contributed by atoms with van der Waals surface area (Å²) in [4.78, 5) is 3.83. The Morgan fingerprint density at radius 1 is 1.36 bits per heavy atom. The van der Waals surface area contributed by atoms with Crippen LogP contribution in [0, 0.1) is 0 Å². The molecule has 1 atom stereocenters. The van der Waals surface area contributed by atoms with Crippen molar-refractivity contribution in [3.63, 3.8) is 0 Å². The van der Waals surface area contributed by atoms with Crippen LogP contribution in [0.4, 0.5) is 22.0 Å². The molecule has 1 aliphatic rings. The van der Waals surface area contributed by atoms with Crippen molar-refractivity contribution in [2.75, 3.05) is 13.1 Å². The predicted molar refractivity (Wildman–Crippen MR) is 65.8 cm³/mol. The van der Waals surface area contributed by atoms with Crippen LogP contribution in [0.5, 0.6) is 5.88 Å². The lowest BCUT2D eigenvalue weighted by Gasteiger charge is -2.18. The van der Waals surface area contributed by atoms with Crippen LogP contribution < -0.4 is 10.1 Å². The molecule has 5 nitrogen and oxygen atoms in total. The molecule has 22 heavy (non-hydrogen) atoms. The molecule has 0 amide bonds. The quantitative estimate of drug-likeness (QED) is 0.878. The highest BCUT2D eigenvalue weighted by molar-refractivity contribution is 5.78. The molecular weight excluding hydrogens is 311 g/mol. The topological polar surface area (TPSA) is 52.0 Å². The van der Waals surface area contributed by atoms with Crippen LogP contribution in [-0.2, 0) is 6.54 Å². The highest BCUT2D eigenvalue weighted by Gasteiger charge is 2.46. The number of nitrogens with zero attached hydrogens (tertiary/aromatic N) is 3. The van der Waals surface area contributed by atoms with E-state index in [0.29, 0.717) is 5.39 Å². The zero-order chi connectivity index (χ0) is 16.0. The van der Waals surface area contributed by atoms with Crippen molar-refractivity contribution in [3.8, 4) is 5.88 Å². The first-order valence-electron chi connectivity index (χ1n) is 6.38. The van der Waals surface area contributed by atoms with Gasteiger partial charge in [-0.1, -0.05) is 0 Å². The maximum Gasteiger partial charge on any atom is 0.408 e. The fraction of sp³-hybridized carbons (Fsp3) is 0.500. The fourth-order valence-corrected chi connectivity index (χ4v) is 2.22. The molecule has 0 aromatic carbocycles. The molecule has 2 aromatic rings. The van der Waals surface area contributed by atoms with Gasteiger partial charge < -0.3 is 10.1 Å². The smallest absolute Gasteiger partial charge is 0.408 e. The number of hydrogen-bond acceptors (Lipinski definition) is 4. The molecule has 10 heteroatoms. The van der Waals surface area contributed by atoms with E-state index in [1.165, 1.54) is 18.5 Å². The number of aromatic nitrogens is 3. The third kappa shape index (κ3) is 2.96. The maximum absolute atomic E-state index is 13.5. The van der Waals surface area contributed by atoms with E-state index in [9.17, 15) is 22.0 Å². The summed E-state index contributed by atoms with van der Waals surface area (Å²) in [6.45, 7) is -1.85. The first kappa shape index (κ1) is 14.9. The molecule has 0 saturated carbocycles. The maximum atomic E-state index is 13.5. The van der Waals surface area contributed by atoms with E-state index < -0.39 is 31.3 Å².